The standard InChI is InChI=1S/C20H26N2O2/c1-19(2)15-20(11-14-24-19,16-7-4-3-5-8-16)10-13-22-18(23)17-9-6-12-21-17/h3-9,12,21H,10-11,13-15H2,1-2H3,(H,22,23)/t20-/m0/s1. The van der Waals surface area contributed by atoms with Crippen molar-refractivity contribution in [2.75, 3.05) is 13.2 Å². The number of carbonyl (C=O) groups excluding carboxylic acids is 1. The molecule has 2 N–H and O–H groups in total. The lowest BCUT2D eigenvalue weighted by Gasteiger charge is -2.45. The molecule has 1 aliphatic heterocycles. The van der Waals surface area contributed by atoms with Gasteiger partial charge in [0.05, 0.1) is 5.60 Å². The van der Waals surface area contributed by atoms with Crippen molar-refractivity contribution in [3.8, 4) is 0 Å². The van der Waals surface area contributed by atoms with Crippen LogP contribution < -0.4 is 5.32 Å². The van der Waals surface area contributed by atoms with Gasteiger partial charge in [-0.05, 0) is 50.8 Å². The van der Waals surface area contributed by atoms with Gasteiger partial charge in [0.1, 0.15) is 5.69 Å². The minimum absolute atomic E-state index is 0.0467. The summed E-state index contributed by atoms with van der Waals surface area (Å²) in [6.45, 7) is 5.72. The zero-order chi connectivity index (χ0) is 17.0. The number of ether oxygens (including phenoxy) is 1. The normalized spacial score (nSPS) is 22.9. The molecule has 24 heavy (non-hydrogen) atoms. The van der Waals surface area contributed by atoms with Crippen LogP contribution in [0, 0.1) is 0 Å². The lowest BCUT2D eigenvalue weighted by atomic mass is 9.67. The molecule has 2 heterocycles. The molecule has 0 radical (unpaired) electrons. The third-order valence-electron chi connectivity index (χ3n) is 4.96. The zero-order valence-electron chi connectivity index (χ0n) is 14.5. The van der Waals surface area contributed by atoms with Gasteiger partial charge in [-0.3, -0.25) is 4.79 Å². The van der Waals surface area contributed by atoms with Crippen molar-refractivity contribution in [3.05, 3.63) is 59.9 Å². The van der Waals surface area contributed by atoms with Crippen molar-refractivity contribution >= 4 is 5.91 Å². The zero-order valence-corrected chi connectivity index (χ0v) is 14.5. The second-order valence-corrected chi connectivity index (χ2v) is 7.27. The van der Waals surface area contributed by atoms with E-state index in [-0.39, 0.29) is 16.9 Å². The molecule has 0 saturated carbocycles. The molecule has 3 rings (SSSR count). The van der Waals surface area contributed by atoms with Crippen LogP contribution >= 0.6 is 0 Å². The van der Waals surface area contributed by atoms with Gasteiger partial charge in [-0.2, -0.15) is 0 Å². The first kappa shape index (κ1) is 16.8. The number of hydrogen-bond donors (Lipinski definition) is 2. The fourth-order valence-corrected chi connectivity index (χ4v) is 3.85. The van der Waals surface area contributed by atoms with Crippen LogP contribution in [0.3, 0.4) is 0 Å². The van der Waals surface area contributed by atoms with Crippen LogP contribution in [0.4, 0.5) is 0 Å². The van der Waals surface area contributed by atoms with Crippen molar-refractivity contribution in [1.82, 2.24) is 10.3 Å². The number of hydrogen-bond acceptors (Lipinski definition) is 2. The molecular weight excluding hydrogens is 300 g/mol. The molecule has 4 nitrogen and oxygen atoms in total. The summed E-state index contributed by atoms with van der Waals surface area (Å²) in [5.74, 6) is -0.0467. The van der Waals surface area contributed by atoms with Gasteiger partial charge in [-0.25, -0.2) is 0 Å². The van der Waals surface area contributed by atoms with Gasteiger partial charge in [0.15, 0.2) is 0 Å². The number of benzene rings is 1. The molecule has 1 saturated heterocycles. The summed E-state index contributed by atoms with van der Waals surface area (Å²) in [5.41, 5.74) is 1.86. The van der Waals surface area contributed by atoms with Crippen molar-refractivity contribution in [2.24, 2.45) is 0 Å². The average molecular weight is 326 g/mol. The Labute approximate surface area is 143 Å². The second kappa shape index (κ2) is 6.81. The van der Waals surface area contributed by atoms with E-state index >= 15 is 0 Å². The van der Waals surface area contributed by atoms with E-state index < -0.39 is 0 Å². The highest BCUT2D eigenvalue weighted by Crippen LogP contribution is 2.43. The molecular formula is C20H26N2O2. The smallest absolute Gasteiger partial charge is 0.267 e. The molecule has 1 aromatic carbocycles. The second-order valence-electron chi connectivity index (χ2n) is 7.27. The lowest BCUT2D eigenvalue weighted by molar-refractivity contribution is -0.0838. The van der Waals surface area contributed by atoms with Crippen LogP contribution in [-0.2, 0) is 10.2 Å². The number of rotatable bonds is 5. The Morgan fingerprint density at radius 2 is 2.00 bits per heavy atom. The highest BCUT2D eigenvalue weighted by atomic mass is 16.5. The third-order valence-corrected chi connectivity index (χ3v) is 4.96. The molecule has 1 fully saturated rings. The Morgan fingerprint density at radius 1 is 1.21 bits per heavy atom. The SMILES string of the molecule is CC1(C)C[C@@](CCNC(=O)c2ccc[nH]2)(c2ccccc2)CCO1. The third kappa shape index (κ3) is 3.70. The predicted octanol–water partition coefficient (Wildman–Crippen LogP) is 3.66. The summed E-state index contributed by atoms with van der Waals surface area (Å²) < 4.78 is 5.94. The molecule has 4 heteroatoms. The van der Waals surface area contributed by atoms with Crippen molar-refractivity contribution in [1.29, 1.82) is 0 Å². The minimum atomic E-state index is -0.141. The molecule has 1 amide bonds. The Morgan fingerprint density at radius 3 is 2.67 bits per heavy atom. The first-order valence-electron chi connectivity index (χ1n) is 8.62. The fraction of sp³-hybridized carbons (Fsp3) is 0.450. The van der Waals surface area contributed by atoms with E-state index in [9.17, 15) is 4.79 Å². The molecule has 0 unspecified atom stereocenters. The van der Waals surface area contributed by atoms with E-state index in [4.69, 9.17) is 4.74 Å². The summed E-state index contributed by atoms with van der Waals surface area (Å²) in [4.78, 5) is 15.1. The van der Waals surface area contributed by atoms with Crippen LogP contribution in [0.5, 0.6) is 0 Å². The lowest BCUT2D eigenvalue weighted by Crippen LogP contribution is -2.45. The van der Waals surface area contributed by atoms with Gasteiger partial charge in [0.2, 0.25) is 0 Å². The Hall–Kier alpha value is -2.07. The Kier molecular flexibility index (Phi) is 4.76. The molecule has 128 valence electrons. The van der Waals surface area contributed by atoms with Gasteiger partial charge in [-0.1, -0.05) is 30.3 Å². The first-order chi connectivity index (χ1) is 11.5. The van der Waals surface area contributed by atoms with Gasteiger partial charge >= 0.3 is 0 Å². The molecule has 1 aliphatic rings. The van der Waals surface area contributed by atoms with E-state index in [0.29, 0.717) is 12.2 Å². The quantitative estimate of drug-likeness (QED) is 0.881. The highest BCUT2D eigenvalue weighted by molar-refractivity contribution is 5.92. The Balaban J connectivity index is 1.72. The maximum absolute atomic E-state index is 12.1. The summed E-state index contributed by atoms with van der Waals surface area (Å²) in [6, 6.07) is 14.3. The topological polar surface area (TPSA) is 54.1 Å². The van der Waals surface area contributed by atoms with E-state index in [1.165, 1.54) is 5.56 Å². The van der Waals surface area contributed by atoms with Crippen LogP contribution in [0.15, 0.2) is 48.7 Å². The molecule has 1 atom stereocenters. The number of aromatic nitrogens is 1. The maximum Gasteiger partial charge on any atom is 0.267 e. The monoisotopic (exact) mass is 326 g/mol. The number of H-pyrrole nitrogens is 1. The first-order valence-corrected chi connectivity index (χ1v) is 8.62. The van der Waals surface area contributed by atoms with Crippen molar-refractivity contribution < 1.29 is 9.53 Å². The van der Waals surface area contributed by atoms with Gasteiger partial charge < -0.3 is 15.0 Å². The van der Waals surface area contributed by atoms with Gasteiger partial charge in [0, 0.05) is 24.8 Å². The predicted molar refractivity (Wildman–Crippen MR) is 95.1 cm³/mol. The summed E-state index contributed by atoms with van der Waals surface area (Å²) in [7, 11) is 0. The summed E-state index contributed by atoms with van der Waals surface area (Å²) >= 11 is 0. The van der Waals surface area contributed by atoms with Crippen LogP contribution in [0.25, 0.3) is 0 Å². The number of carbonyl (C=O) groups is 1. The molecule has 0 aliphatic carbocycles. The van der Waals surface area contributed by atoms with Gasteiger partial charge in [0.25, 0.3) is 5.91 Å². The molecule has 1 aromatic heterocycles. The summed E-state index contributed by atoms with van der Waals surface area (Å²) in [6.07, 6.45) is 4.62. The Bertz CT molecular complexity index is 664. The molecule has 0 spiro atoms. The van der Waals surface area contributed by atoms with E-state index in [1.54, 1.807) is 12.3 Å². The van der Waals surface area contributed by atoms with E-state index in [2.05, 4.69) is 54.5 Å². The maximum atomic E-state index is 12.1. The highest BCUT2D eigenvalue weighted by Gasteiger charge is 2.41. The largest absolute Gasteiger partial charge is 0.376 e. The fourth-order valence-electron chi connectivity index (χ4n) is 3.85. The van der Waals surface area contributed by atoms with E-state index in [1.807, 2.05) is 6.07 Å². The van der Waals surface area contributed by atoms with Crippen molar-refractivity contribution in [3.63, 3.8) is 0 Å². The van der Waals surface area contributed by atoms with Crippen molar-refractivity contribution in [2.45, 2.75) is 44.1 Å². The number of nitrogens with one attached hydrogen (secondary N) is 2. The minimum Gasteiger partial charge on any atom is -0.376 e. The van der Waals surface area contributed by atoms with Crippen LogP contribution in [0.2, 0.25) is 0 Å². The van der Waals surface area contributed by atoms with E-state index in [0.717, 1.165) is 25.9 Å². The number of amides is 1. The average Bonchev–Trinajstić information content (AvgIpc) is 3.09. The molecule has 0 bridgehead atoms. The number of aromatic amines is 1. The molecule has 2 aromatic rings. The van der Waals surface area contributed by atoms with Crippen LogP contribution in [0.1, 0.15) is 49.2 Å². The van der Waals surface area contributed by atoms with Gasteiger partial charge in [-0.15, -0.1) is 0 Å². The summed E-state index contributed by atoms with van der Waals surface area (Å²) in [5, 5.41) is 3.04. The van der Waals surface area contributed by atoms with Crippen LogP contribution in [-0.4, -0.2) is 29.6 Å².